The second-order valence-corrected chi connectivity index (χ2v) is 7.71. The van der Waals surface area contributed by atoms with Crippen molar-refractivity contribution in [1.29, 1.82) is 0 Å². The third-order valence-electron chi connectivity index (χ3n) is 5.65. The number of rotatable bonds is 3. The minimum absolute atomic E-state index is 0.122. The van der Waals surface area contributed by atoms with E-state index in [2.05, 4.69) is 14.9 Å². The van der Waals surface area contributed by atoms with Crippen LogP contribution >= 0.6 is 0 Å². The highest BCUT2D eigenvalue weighted by Gasteiger charge is 2.23. The molecule has 5 rings (SSSR count). The number of nitrogens with zero attached hydrogens (tertiary/aromatic N) is 4. The summed E-state index contributed by atoms with van der Waals surface area (Å²) in [6.45, 7) is 3.34. The summed E-state index contributed by atoms with van der Waals surface area (Å²) in [5.41, 5.74) is 2.35. The Kier molecular flexibility index (Phi) is 5.60. The minimum atomic E-state index is -0.122. The number of hydrogen-bond donors (Lipinski definition) is 0. The Bertz CT molecular complexity index is 1130. The zero-order valence-corrected chi connectivity index (χ0v) is 17.9. The van der Waals surface area contributed by atoms with Gasteiger partial charge in [0.15, 0.2) is 0 Å². The van der Waals surface area contributed by atoms with Gasteiger partial charge in [-0.15, -0.1) is 0 Å². The Morgan fingerprint density at radius 1 is 1.00 bits per heavy atom. The van der Waals surface area contributed by atoms with Gasteiger partial charge in [0, 0.05) is 43.4 Å². The number of carbonyl (C=O) groups excluding carboxylic acids is 1. The number of aromatic nitrogens is 2. The maximum absolute atomic E-state index is 12.9. The van der Waals surface area contributed by atoms with Crippen molar-refractivity contribution >= 4 is 11.7 Å². The van der Waals surface area contributed by atoms with Gasteiger partial charge in [-0.1, -0.05) is 18.2 Å². The highest BCUT2D eigenvalue weighted by Crippen LogP contribution is 2.36. The normalized spacial score (nSPS) is 15.7. The summed E-state index contributed by atoms with van der Waals surface area (Å²) < 4.78 is 17.0. The van der Waals surface area contributed by atoms with Gasteiger partial charge >= 0.3 is 0 Å². The molecule has 8 heteroatoms. The molecule has 8 nitrogen and oxygen atoms in total. The molecule has 0 N–H and O–H groups in total. The van der Waals surface area contributed by atoms with Crippen molar-refractivity contribution in [1.82, 2.24) is 14.9 Å². The van der Waals surface area contributed by atoms with Gasteiger partial charge in [-0.3, -0.25) is 9.78 Å². The molecule has 3 heterocycles. The quantitative estimate of drug-likeness (QED) is 0.629. The second-order valence-electron chi connectivity index (χ2n) is 7.71. The summed E-state index contributed by atoms with van der Waals surface area (Å²) >= 11 is 0. The molecule has 1 aromatic heterocycles. The van der Waals surface area contributed by atoms with Crippen molar-refractivity contribution in [2.24, 2.45) is 0 Å². The van der Waals surface area contributed by atoms with Crippen LogP contribution in [-0.4, -0.2) is 54.2 Å². The first kappa shape index (κ1) is 20.3. The topological polar surface area (TPSA) is 77.0 Å². The van der Waals surface area contributed by atoms with Crippen LogP contribution in [0.25, 0.3) is 0 Å². The highest BCUT2D eigenvalue weighted by atomic mass is 16.5. The molecular formula is C24H24N4O4. The lowest BCUT2D eigenvalue weighted by atomic mass is 10.1. The smallest absolute Gasteiger partial charge is 0.274 e. The van der Waals surface area contributed by atoms with E-state index < -0.39 is 0 Å². The number of anilines is 1. The van der Waals surface area contributed by atoms with Crippen LogP contribution in [-0.2, 0) is 17.8 Å². The van der Waals surface area contributed by atoms with Gasteiger partial charge in [-0.25, -0.2) is 4.98 Å². The molecule has 3 aromatic rings. The van der Waals surface area contributed by atoms with Crippen LogP contribution in [0.5, 0.6) is 17.2 Å². The number of benzene rings is 2. The fourth-order valence-electron chi connectivity index (χ4n) is 3.91. The third-order valence-corrected chi connectivity index (χ3v) is 5.65. The van der Waals surface area contributed by atoms with Gasteiger partial charge in [-0.05, 0) is 18.2 Å². The maximum Gasteiger partial charge on any atom is 0.274 e. The number of amides is 1. The maximum atomic E-state index is 12.9. The Balaban J connectivity index is 1.50. The van der Waals surface area contributed by atoms with Crippen LogP contribution in [0.3, 0.4) is 0 Å². The van der Waals surface area contributed by atoms with Crippen molar-refractivity contribution in [3.8, 4) is 17.2 Å². The van der Waals surface area contributed by atoms with E-state index >= 15 is 0 Å². The average molecular weight is 432 g/mol. The van der Waals surface area contributed by atoms with Crippen LogP contribution in [0.1, 0.15) is 21.6 Å². The van der Waals surface area contributed by atoms with E-state index in [1.165, 1.54) is 6.20 Å². The highest BCUT2D eigenvalue weighted by molar-refractivity contribution is 5.92. The number of carbonyl (C=O) groups is 1. The van der Waals surface area contributed by atoms with Crippen molar-refractivity contribution in [2.75, 3.05) is 38.3 Å². The largest absolute Gasteiger partial charge is 0.497 e. The molecule has 2 aliphatic rings. The molecule has 0 saturated carbocycles. The number of hydrogen-bond acceptors (Lipinski definition) is 7. The van der Waals surface area contributed by atoms with Gasteiger partial charge < -0.3 is 24.0 Å². The van der Waals surface area contributed by atoms with Gasteiger partial charge in [0.25, 0.3) is 5.91 Å². The van der Waals surface area contributed by atoms with E-state index in [9.17, 15) is 4.79 Å². The molecule has 1 saturated heterocycles. The van der Waals surface area contributed by atoms with Gasteiger partial charge in [-0.2, -0.15) is 0 Å². The Morgan fingerprint density at radius 3 is 2.59 bits per heavy atom. The van der Waals surface area contributed by atoms with Gasteiger partial charge in [0.2, 0.25) is 0 Å². The van der Waals surface area contributed by atoms with Crippen LogP contribution in [0.4, 0.5) is 5.82 Å². The first-order valence-electron chi connectivity index (χ1n) is 10.6. The molecule has 164 valence electrons. The van der Waals surface area contributed by atoms with Crippen LogP contribution in [0.15, 0.2) is 54.9 Å². The zero-order valence-electron chi connectivity index (χ0n) is 17.9. The molecule has 0 bridgehead atoms. The monoisotopic (exact) mass is 432 g/mol. The SMILES string of the molecule is COc1ccc2c(c1)Oc1ccccc1CN(c1cncc(C(=O)N3CCOCC3)n1)C2. The summed E-state index contributed by atoms with van der Waals surface area (Å²) in [5, 5.41) is 0. The van der Waals surface area contributed by atoms with Crippen LogP contribution in [0, 0.1) is 0 Å². The Morgan fingerprint density at radius 2 is 1.78 bits per heavy atom. The zero-order chi connectivity index (χ0) is 21.9. The van der Waals surface area contributed by atoms with Crippen molar-refractivity contribution in [2.45, 2.75) is 13.1 Å². The lowest BCUT2D eigenvalue weighted by molar-refractivity contribution is 0.0299. The van der Waals surface area contributed by atoms with E-state index in [4.69, 9.17) is 14.2 Å². The minimum Gasteiger partial charge on any atom is -0.497 e. The molecule has 2 aliphatic heterocycles. The lowest BCUT2D eigenvalue weighted by Crippen LogP contribution is -2.41. The van der Waals surface area contributed by atoms with Gasteiger partial charge in [0.1, 0.15) is 28.8 Å². The number of fused-ring (bicyclic) bond motifs is 2. The molecule has 2 aromatic carbocycles. The Labute approximate surface area is 186 Å². The number of methoxy groups -OCH3 is 1. The molecule has 0 unspecified atom stereocenters. The molecule has 1 fully saturated rings. The van der Waals surface area contributed by atoms with E-state index in [-0.39, 0.29) is 5.91 Å². The third kappa shape index (κ3) is 4.09. The van der Waals surface area contributed by atoms with Crippen LogP contribution < -0.4 is 14.4 Å². The molecule has 32 heavy (non-hydrogen) atoms. The lowest BCUT2D eigenvalue weighted by Gasteiger charge is -2.29. The molecule has 0 atom stereocenters. The fourth-order valence-corrected chi connectivity index (χ4v) is 3.91. The van der Waals surface area contributed by atoms with E-state index in [0.29, 0.717) is 50.9 Å². The summed E-state index contributed by atoms with van der Waals surface area (Å²) in [4.78, 5) is 25.8. The number of morpholine rings is 1. The first-order chi connectivity index (χ1) is 15.7. The van der Waals surface area contributed by atoms with E-state index in [0.717, 1.165) is 28.4 Å². The summed E-state index contributed by atoms with van der Waals surface area (Å²) in [6, 6.07) is 13.7. The molecule has 1 amide bonds. The fraction of sp³-hybridized carbons (Fsp3) is 0.292. The van der Waals surface area contributed by atoms with Gasteiger partial charge in [0.05, 0.1) is 32.7 Å². The standard InChI is InChI=1S/C24H24N4O4/c1-30-19-7-6-18-16-28(15-17-4-2-3-5-21(17)32-22(18)12-19)23-14-25-13-20(26-23)24(29)27-8-10-31-11-9-27/h2-7,12-14H,8-11,15-16H2,1H3. The number of ether oxygens (including phenoxy) is 3. The van der Waals surface area contributed by atoms with Crippen molar-refractivity contribution in [3.63, 3.8) is 0 Å². The van der Waals surface area contributed by atoms with Crippen molar-refractivity contribution in [3.05, 3.63) is 71.7 Å². The predicted octanol–water partition coefficient (Wildman–Crippen LogP) is 3.27. The summed E-state index contributed by atoms with van der Waals surface area (Å²) in [6.07, 6.45) is 3.23. The first-order valence-corrected chi connectivity index (χ1v) is 10.6. The average Bonchev–Trinajstić information content (AvgIpc) is 2.84. The van der Waals surface area contributed by atoms with E-state index in [1.807, 2.05) is 42.5 Å². The second kappa shape index (κ2) is 8.84. The molecule has 0 spiro atoms. The predicted molar refractivity (Wildman–Crippen MR) is 118 cm³/mol. The van der Waals surface area contributed by atoms with Crippen LogP contribution in [0.2, 0.25) is 0 Å². The molecule has 0 radical (unpaired) electrons. The summed E-state index contributed by atoms with van der Waals surface area (Å²) in [7, 11) is 1.64. The Hall–Kier alpha value is -3.65. The molecule has 0 aliphatic carbocycles. The van der Waals surface area contributed by atoms with E-state index in [1.54, 1.807) is 18.2 Å². The van der Waals surface area contributed by atoms with Crippen molar-refractivity contribution < 1.29 is 19.0 Å². The summed E-state index contributed by atoms with van der Waals surface area (Å²) in [5.74, 6) is 2.76. The molecular weight excluding hydrogens is 408 g/mol. The number of para-hydroxylation sites is 1.